The van der Waals surface area contributed by atoms with Crippen LogP contribution in [0, 0.1) is 11.3 Å². The molecule has 0 radical (unpaired) electrons. The topological polar surface area (TPSA) is 98.2 Å². The van der Waals surface area contributed by atoms with Gasteiger partial charge in [0.1, 0.15) is 17.3 Å². The van der Waals surface area contributed by atoms with Gasteiger partial charge in [0.15, 0.2) is 0 Å². The number of methoxy groups -OCH3 is 1. The lowest BCUT2D eigenvalue weighted by molar-refractivity contribution is -0.133. The van der Waals surface area contributed by atoms with E-state index in [2.05, 4.69) is 10.3 Å². The van der Waals surface area contributed by atoms with E-state index >= 15 is 0 Å². The van der Waals surface area contributed by atoms with E-state index in [0.29, 0.717) is 24.2 Å². The van der Waals surface area contributed by atoms with E-state index in [0.717, 1.165) is 6.42 Å². The minimum Gasteiger partial charge on any atom is -0.382 e. The Labute approximate surface area is 122 Å². The number of hydrogen-bond donors (Lipinski definition) is 2. The van der Waals surface area contributed by atoms with Gasteiger partial charge in [-0.2, -0.15) is 5.26 Å². The van der Waals surface area contributed by atoms with Gasteiger partial charge in [-0.25, -0.2) is 0 Å². The summed E-state index contributed by atoms with van der Waals surface area (Å²) in [5.41, 5.74) is -0.294. The van der Waals surface area contributed by atoms with Crippen molar-refractivity contribution in [1.29, 1.82) is 5.26 Å². The Hall–Kier alpha value is -2.33. The first-order chi connectivity index (χ1) is 10.1. The van der Waals surface area contributed by atoms with Crippen LogP contribution in [0.15, 0.2) is 12.3 Å². The lowest BCUT2D eigenvalue weighted by Crippen LogP contribution is -2.59. The van der Waals surface area contributed by atoms with E-state index < -0.39 is 5.54 Å². The summed E-state index contributed by atoms with van der Waals surface area (Å²) < 4.78 is 5.18. The second kappa shape index (κ2) is 5.97. The number of amides is 2. The monoisotopic (exact) mass is 290 g/mol. The number of rotatable bonds is 4. The van der Waals surface area contributed by atoms with Gasteiger partial charge in [0.2, 0.25) is 5.91 Å². The summed E-state index contributed by atoms with van der Waals surface area (Å²) in [5, 5.41) is 11.4. The van der Waals surface area contributed by atoms with Crippen LogP contribution in [0.3, 0.4) is 0 Å². The van der Waals surface area contributed by atoms with Crippen LogP contribution in [0.4, 0.5) is 0 Å². The third-order valence-electron chi connectivity index (χ3n) is 3.82. The molecule has 0 spiro atoms. The number of H-pyrrole nitrogens is 1. The predicted octanol–water partition coefficient (Wildman–Crippen LogP) is 0.254. The number of ether oxygens (including phenoxy) is 1. The van der Waals surface area contributed by atoms with Gasteiger partial charge < -0.3 is 19.9 Å². The smallest absolute Gasteiger partial charge is 0.256 e. The number of aromatic nitrogens is 1. The van der Waals surface area contributed by atoms with Crippen molar-refractivity contribution in [2.75, 3.05) is 27.3 Å². The molecule has 2 rings (SSSR count). The van der Waals surface area contributed by atoms with Crippen LogP contribution in [0.1, 0.15) is 28.9 Å². The van der Waals surface area contributed by atoms with Crippen molar-refractivity contribution in [1.82, 2.24) is 15.2 Å². The lowest BCUT2D eigenvalue weighted by atomic mass is 9.95. The molecule has 1 atom stereocenters. The highest BCUT2D eigenvalue weighted by Crippen LogP contribution is 2.31. The Morgan fingerprint density at radius 3 is 2.95 bits per heavy atom. The quantitative estimate of drug-likeness (QED) is 0.830. The van der Waals surface area contributed by atoms with E-state index in [1.807, 2.05) is 6.07 Å². The molecule has 1 saturated heterocycles. The summed E-state index contributed by atoms with van der Waals surface area (Å²) in [6.45, 7) is 0.636. The summed E-state index contributed by atoms with van der Waals surface area (Å²) in [6.07, 6.45) is 2.78. The molecule has 1 aliphatic heterocycles. The molecule has 21 heavy (non-hydrogen) atoms. The van der Waals surface area contributed by atoms with Crippen LogP contribution in [-0.2, 0) is 9.53 Å². The number of nitriles is 1. The third kappa shape index (κ3) is 2.50. The average Bonchev–Trinajstić information content (AvgIpc) is 3.13. The molecular formula is C14H18N4O3. The normalized spacial score (nSPS) is 21.1. The Morgan fingerprint density at radius 2 is 2.38 bits per heavy atom. The summed E-state index contributed by atoms with van der Waals surface area (Å²) in [5.74, 6) is -0.503. The minimum atomic E-state index is -0.981. The molecule has 1 aromatic heterocycles. The zero-order valence-corrected chi connectivity index (χ0v) is 12.1. The molecule has 1 fully saturated rings. The fourth-order valence-corrected chi connectivity index (χ4v) is 2.84. The lowest BCUT2D eigenvalue weighted by Gasteiger charge is -2.36. The van der Waals surface area contributed by atoms with E-state index in [1.165, 1.54) is 19.4 Å². The average molecular weight is 290 g/mol. The standard InChI is InChI=1S/C14H18N4O3/c1-16-13(20)14(9-21-2)4-3-5-18(14)12(19)10-6-11(7-15)17-8-10/h6,8,17H,3-5,9H2,1-2H3,(H,16,20). The van der Waals surface area contributed by atoms with Crippen molar-refractivity contribution in [3.63, 3.8) is 0 Å². The van der Waals surface area contributed by atoms with E-state index in [4.69, 9.17) is 10.00 Å². The van der Waals surface area contributed by atoms with Crippen molar-refractivity contribution in [2.45, 2.75) is 18.4 Å². The van der Waals surface area contributed by atoms with Crippen LogP contribution in [-0.4, -0.2) is 54.5 Å². The molecule has 2 N–H and O–H groups in total. The Balaban J connectivity index is 2.33. The highest BCUT2D eigenvalue weighted by atomic mass is 16.5. The van der Waals surface area contributed by atoms with Gasteiger partial charge in [-0.05, 0) is 18.9 Å². The molecule has 1 aliphatic rings. The number of nitrogens with one attached hydrogen (secondary N) is 2. The molecule has 2 amide bonds. The third-order valence-corrected chi connectivity index (χ3v) is 3.82. The zero-order chi connectivity index (χ0) is 15.5. The van der Waals surface area contributed by atoms with E-state index in [1.54, 1.807) is 11.9 Å². The second-order valence-corrected chi connectivity index (χ2v) is 5.02. The number of likely N-dealkylation sites (tertiary alicyclic amines) is 1. The van der Waals surface area contributed by atoms with Crippen molar-refractivity contribution < 1.29 is 14.3 Å². The van der Waals surface area contributed by atoms with Crippen LogP contribution in [0.5, 0.6) is 0 Å². The van der Waals surface area contributed by atoms with Crippen molar-refractivity contribution in [3.05, 3.63) is 23.5 Å². The zero-order valence-electron chi connectivity index (χ0n) is 12.1. The first-order valence-electron chi connectivity index (χ1n) is 6.70. The van der Waals surface area contributed by atoms with Crippen molar-refractivity contribution in [3.8, 4) is 6.07 Å². The number of carbonyl (C=O) groups excluding carboxylic acids is 2. The van der Waals surface area contributed by atoms with E-state index in [9.17, 15) is 9.59 Å². The van der Waals surface area contributed by atoms with Gasteiger partial charge >= 0.3 is 0 Å². The highest BCUT2D eigenvalue weighted by Gasteiger charge is 2.49. The number of likely N-dealkylation sites (N-methyl/N-ethyl adjacent to an activating group) is 1. The number of aromatic amines is 1. The highest BCUT2D eigenvalue weighted by molar-refractivity contribution is 6.00. The van der Waals surface area contributed by atoms with Crippen LogP contribution < -0.4 is 5.32 Å². The minimum absolute atomic E-state index is 0.147. The molecule has 112 valence electrons. The maximum Gasteiger partial charge on any atom is 0.256 e. The van der Waals surface area contributed by atoms with Gasteiger partial charge in [0, 0.05) is 26.9 Å². The fraction of sp³-hybridized carbons (Fsp3) is 0.500. The maximum atomic E-state index is 12.6. The molecule has 0 saturated carbocycles. The number of hydrogen-bond acceptors (Lipinski definition) is 4. The summed E-state index contributed by atoms with van der Waals surface area (Å²) in [7, 11) is 3.06. The molecule has 7 heteroatoms. The molecule has 0 bridgehead atoms. The van der Waals surface area contributed by atoms with E-state index in [-0.39, 0.29) is 18.4 Å². The first-order valence-corrected chi connectivity index (χ1v) is 6.70. The fourth-order valence-electron chi connectivity index (χ4n) is 2.84. The first kappa shape index (κ1) is 15.1. The predicted molar refractivity (Wildman–Crippen MR) is 74.5 cm³/mol. The summed E-state index contributed by atoms with van der Waals surface area (Å²) in [4.78, 5) is 29.2. The van der Waals surface area contributed by atoms with Gasteiger partial charge in [0.25, 0.3) is 5.91 Å². The Bertz CT molecular complexity index is 589. The van der Waals surface area contributed by atoms with Gasteiger partial charge in [-0.15, -0.1) is 0 Å². The van der Waals surface area contributed by atoms with Gasteiger partial charge in [-0.1, -0.05) is 0 Å². The Kier molecular flexibility index (Phi) is 4.29. The second-order valence-electron chi connectivity index (χ2n) is 5.02. The number of nitrogens with zero attached hydrogens (tertiary/aromatic N) is 2. The molecule has 1 unspecified atom stereocenters. The number of carbonyl (C=O) groups is 2. The molecule has 1 aromatic rings. The molecule has 7 nitrogen and oxygen atoms in total. The largest absolute Gasteiger partial charge is 0.382 e. The summed E-state index contributed by atoms with van der Waals surface area (Å²) in [6, 6.07) is 3.43. The summed E-state index contributed by atoms with van der Waals surface area (Å²) >= 11 is 0. The maximum absolute atomic E-state index is 12.6. The van der Waals surface area contributed by atoms with Gasteiger partial charge in [-0.3, -0.25) is 9.59 Å². The SMILES string of the molecule is CNC(=O)C1(COC)CCCN1C(=O)c1c[nH]c(C#N)c1. The molecule has 0 aromatic carbocycles. The van der Waals surface area contributed by atoms with Crippen LogP contribution in [0.25, 0.3) is 0 Å². The molecule has 0 aliphatic carbocycles. The van der Waals surface area contributed by atoms with Crippen molar-refractivity contribution in [2.24, 2.45) is 0 Å². The molecular weight excluding hydrogens is 272 g/mol. The van der Waals surface area contributed by atoms with Crippen LogP contribution in [0.2, 0.25) is 0 Å². The Morgan fingerprint density at radius 1 is 1.62 bits per heavy atom. The van der Waals surface area contributed by atoms with Crippen LogP contribution >= 0.6 is 0 Å². The van der Waals surface area contributed by atoms with Crippen molar-refractivity contribution >= 4 is 11.8 Å². The molecule has 2 heterocycles. The van der Waals surface area contributed by atoms with Gasteiger partial charge in [0.05, 0.1) is 12.2 Å².